The molecule has 2 amide bonds. The first-order valence-electron chi connectivity index (χ1n) is 7.19. The van der Waals surface area contributed by atoms with Gasteiger partial charge in [-0.05, 0) is 30.9 Å². The maximum atomic E-state index is 12.0. The van der Waals surface area contributed by atoms with Gasteiger partial charge in [-0.2, -0.15) is 0 Å². The average molecular weight is 288 g/mol. The monoisotopic (exact) mass is 288 g/mol. The van der Waals surface area contributed by atoms with Crippen LogP contribution < -0.4 is 5.32 Å². The van der Waals surface area contributed by atoms with Crippen molar-refractivity contribution in [2.45, 2.75) is 19.8 Å². The molecule has 2 rings (SSSR count). The van der Waals surface area contributed by atoms with Gasteiger partial charge in [0.1, 0.15) is 6.29 Å². The Balaban J connectivity index is 1.79. The Morgan fingerprint density at radius 3 is 2.38 bits per heavy atom. The molecule has 0 radical (unpaired) electrons. The van der Waals surface area contributed by atoms with Crippen LogP contribution in [-0.2, 0) is 4.79 Å². The van der Waals surface area contributed by atoms with E-state index in [0.717, 1.165) is 32.2 Å². The van der Waals surface area contributed by atoms with Gasteiger partial charge in [-0.3, -0.25) is 14.4 Å². The number of carbonyl (C=O) groups excluding carboxylic acids is 3. The minimum absolute atomic E-state index is 0.118. The van der Waals surface area contributed by atoms with Crippen LogP contribution in [0.15, 0.2) is 24.3 Å². The smallest absolute Gasteiger partial charge is 0.251 e. The molecule has 1 aromatic rings. The van der Waals surface area contributed by atoms with E-state index in [1.807, 2.05) is 4.90 Å². The van der Waals surface area contributed by atoms with E-state index in [1.165, 1.54) is 0 Å². The Morgan fingerprint density at radius 2 is 1.86 bits per heavy atom. The third-order valence-electron chi connectivity index (χ3n) is 3.92. The molecule has 1 N–H and O–H groups in total. The summed E-state index contributed by atoms with van der Waals surface area (Å²) in [6, 6.07) is 6.56. The zero-order valence-corrected chi connectivity index (χ0v) is 12.2. The van der Waals surface area contributed by atoms with Crippen molar-refractivity contribution in [3.05, 3.63) is 35.4 Å². The molecule has 0 atom stereocenters. The standard InChI is InChI=1S/C16H20N2O3/c1-12(20)18-8-6-13(7-9-18)10-17-16(21)15-4-2-14(11-19)3-5-15/h2-5,11,13H,6-10H2,1H3,(H,17,21). The fourth-order valence-corrected chi connectivity index (χ4v) is 2.50. The zero-order chi connectivity index (χ0) is 15.2. The summed E-state index contributed by atoms with van der Waals surface area (Å²) in [5.74, 6) is 0.410. The molecule has 1 aliphatic heterocycles. The van der Waals surface area contributed by atoms with E-state index in [4.69, 9.17) is 0 Å². The molecule has 1 saturated heterocycles. The predicted octanol–water partition coefficient (Wildman–Crippen LogP) is 1.49. The predicted molar refractivity (Wildman–Crippen MR) is 79.1 cm³/mol. The van der Waals surface area contributed by atoms with Crippen LogP contribution in [0.5, 0.6) is 0 Å². The van der Waals surface area contributed by atoms with Crippen molar-refractivity contribution >= 4 is 18.1 Å². The molecule has 112 valence electrons. The largest absolute Gasteiger partial charge is 0.352 e. The molecular formula is C16H20N2O3. The quantitative estimate of drug-likeness (QED) is 0.854. The van der Waals surface area contributed by atoms with Crippen molar-refractivity contribution in [1.29, 1.82) is 0 Å². The van der Waals surface area contributed by atoms with Crippen molar-refractivity contribution in [2.75, 3.05) is 19.6 Å². The van der Waals surface area contributed by atoms with E-state index in [2.05, 4.69) is 5.32 Å². The first-order chi connectivity index (χ1) is 10.1. The molecule has 0 spiro atoms. The fourth-order valence-electron chi connectivity index (χ4n) is 2.50. The van der Waals surface area contributed by atoms with Gasteiger partial charge in [-0.1, -0.05) is 12.1 Å². The summed E-state index contributed by atoms with van der Waals surface area (Å²) < 4.78 is 0. The molecule has 0 aromatic heterocycles. The van der Waals surface area contributed by atoms with Crippen molar-refractivity contribution in [2.24, 2.45) is 5.92 Å². The molecule has 0 aliphatic carbocycles. The summed E-state index contributed by atoms with van der Waals surface area (Å²) in [7, 11) is 0. The highest BCUT2D eigenvalue weighted by atomic mass is 16.2. The molecule has 0 saturated carbocycles. The molecule has 1 aliphatic rings. The number of amides is 2. The lowest BCUT2D eigenvalue weighted by Crippen LogP contribution is -2.40. The van der Waals surface area contributed by atoms with Crippen LogP contribution in [0.2, 0.25) is 0 Å². The molecule has 5 nitrogen and oxygen atoms in total. The van der Waals surface area contributed by atoms with Crippen LogP contribution in [0.4, 0.5) is 0 Å². The molecular weight excluding hydrogens is 268 g/mol. The van der Waals surface area contributed by atoms with Crippen molar-refractivity contribution < 1.29 is 14.4 Å². The van der Waals surface area contributed by atoms with Crippen LogP contribution in [0.1, 0.15) is 40.5 Å². The molecule has 0 bridgehead atoms. The fraction of sp³-hybridized carbons (Fsp3) is 0.438. The van der Waals surface area contributed by atoms with Crippen LogP contribution >= 0.6 is 0 Å². The number of piperidine rings is 1. The van der Waals surface area contributed by atoms with Gasteiger partial charge in [0.05, 0.1) is 0 Å². The third kappa shape index (κ3) is 4.15. The summed E-state index contributed by atoms with van der Waals surface area (Å²) in [5, 5.41) is 2.92. The molecule has 1 fully saturated rings. The van der Waals surface area contributed by atoms with Gasteiger partial charge < -0.3 is 10.2 Å². The van der Waals surface area contributed by atoms with Crippen molar-refractivity contribution in [3.63, 3.8) is 0 Å². The second-order valence-corrected chi connectivity index (χ2v) is 5.40. The number of rotatable bonds is 4. The summed E-state index contributed by atoms with van der Waals surface area (Å²) in [6.07, 6.45) is 2.60. The lowest BCUT2D eigenvalue weighted by molar-refractivity contribution is -0.130. The number of hydrogen-bond donors (Lipinski definition) is 1. The van der Waals surface area contributed by atoms with Gasteiger partial charge in [-0.15, -0.1) is 0 Å². The van der Waals surface area contributed by atoms with E-state index < -0.39 is 0 Å². The van der Waals surface area contributed by atoms with Crippen LogP contribution in [0, 0.1) is 5.92 Å². The first-order valence-corrected chi connectivity index (χ1v) is 7.19. The number of carbonyl (C=O) groups is 3. The zero-order valence-electron chi connectivity index (χ0n) is 12.2. The van der Waals surface area contributed by atoms with Crippen LogP contribution in [-0.4, -0.2) is 42.6 Å². The third-order valence-corrected chi connectivity index (χ3v) is 3.92. The molecule has 1 heterocycles. The highest BCUT2D eigenvalue weighted by Gasteiger charge is 2.21. The second-order valence-electron chi connectivity index (χ2n) is 5.40. The molecule has 5 heteroatoms. The van der Waals surface area contributed by atoms with E-state index in [0.29, 0.717) is 23.6 Å². The number of nitrogens with one attached hydrogen (secondary N) is 1. The molecule has 1 aromatic carbocycles. The summed E-state index contributed by atoms with van der Waals surface area (Å²) in [5.41, 5.74) is 1.12. The minimum atomic E-state index is -0.124. The maximum absolute atomic E-state index is 12.0. The Labute approximate surface area is 124 Å². The molecule has 21 heavy (non-hydrogen) atoms. The highest BCUT2D eigenvalue weighted by Crippen LogP contribution is 2.16. The van der Waals surface area contributed by atoms with Gasteiger partial charge in [0.25, 0.3) is 5.91 Å². The number of nitrogens with zero attached hydrogens (tertiary/aromatic N) is 1. The summed E-state index contributed by atoms with van der Waals surface area (Å²) in [4.78, 5) is 35.6. The normalized spacial score (nSPS) is 15.6. The summed E-state index contributed by atoms with van der Waals surface area (Å²) in [6.45, 7) is 3.75. The van der Waals surface area contributed by atoms with Gasteiger partial charge in [-0.25, -0.2) is 0 Å². The van der Waals surface area contributed by atoms with E-state index in [9.17, 15) is 14.4 Å². The Morgan fingerprint density at radius 1 is 1.24 bits per heavy atom. The van der Waals surface area contributed by atoms with Gasteiger partial charge in [0.15, 0.2) is 0 Å². The van der Waals surface area contributed by atoms with E-state index in [1.54, 1.807) is 31.2 Å². The first kappa shape index (κ1) is 15.2. The van der Waals surface area contributed by atoms with Crippen LogP contribution in [0.3, 0.4) is 0 Å². The number of hydrogen-bond acceptors (Lipinski definition) is 3. The Kier molecular flexibility index (Phi) is 5.09. The number of benzene rings is 1. The van der Waals surface area contributed by atoms with E-state index in [-0.39, 0.29) is 11.8 Å². The van der Waals surface area contributed by atoms with Gasteiger partial charge in [0, 0.05) is 37.7 Å². The number of aldehydes is 1. The lowest BCUT2D eigenvalue weighted by atomic mass is 9.96. The highest BCUT2D eigenvalue weighted by molar-refractivity contribution is 5.94. The Hall–Kier alpha value is -2.17. The second kappa shape index (κ2) is 7.02. The van der Waals surface area contributed by atoms with Gasteiger partial charge in [0.2, 0.25) is 5.91 Å². The lowest BCUT2D eigenvalue weighted by Gasteiger charge is -2.31. The van der Waals surface area contributed by atoms with Crippen molar-refractivity contribution in [3.8, 4) is 0 Å². The van der Waals surface area contributed by atoms with Gasteiger partial charge >= 0.3 is 0 Å². The maximum Gasteiger partial charge on any atom is 0.251 e. The SMILES string of the molecule is CC(=O)N1CCC(CNC(=O)c2ccc(C=O)cc2)CC1. The van der Waals surface area contributed by atoms with E-state index >= 15 is 0 Å². The number of likely N-dealkylation sites (tertiary alicyclic amines) is 1. The topological polar surface area (TPSA) is 66.5 Å². The average Bonchev–Trinajstić information content (AvgIpc) is 2.53. The summed E-state index contributed by atoms with van der Waals surface area (Å²) >= 11 is 0. The van der Waals surface area contributed by atoms with Crippen LogP contribution in [0.25, 0.3) is 0 Å². The van der Waals surface area contributed by atoms with Crippen molar-refractivity contribution in [1.82, 2.24) is 10.2 Å². The minimum Gasteiger partial charge on any atom is -0.352 e. The Bertz CT molecular complexity index is 517. The molecule has 0 unspecified atom stereocenters.